The van der Waals surface area contributed by atoms with Gasteiger partial charge in [-0.1, -0.05) is 5.16 Å². The van der Waals surface area contributed by atoms with Gasteiger partial charge in [-0.05, 0) is 37.4 Å². The third-order valence-electron chi connectivity index (χ3n) is 2.62. The van der Waals surface area contributed by atoms with Crippen LogP contribution < -0.4 is 0 Å². The van der Waals surface area contributed by atoms with Crippen molar-refractivity contribution in [1.82, 2.24) is 5.16 Å². The molecule has 0 aromatic carbocycles. The maximum atomic E-state index is 11.7. The summed E-state index contributed by atoms with van der Waals surface area (Å²) in [4.78, 5) is 22.7. The molecule has 0 radical (unpaired) electrons. The van der Waals surface area contributed by atoms with Gasteiger partial charge in [0.25, 0.3) is 0 Å². The van der Waals surface area contributed by atoms with Gasteiger partial charge in [-0.15, -0.1) is 11.3 Å². The number of ether oxygens (including phenoxy) is 1. The fourth-order valence-corrected chi connectivity index (χ4v) is 2.47. The maximum absolute atomic E-state index is 11.7. The zero-order valence-electron chi connectivity index (χ0n) is 11.4. The van der Waals surface area contributed by atoms with Crippen LogP contribution in [0.15, 0.2) is 16.0 Å². The molecule has 2 aromatic rings. The zero-order chi connectivity index (χ0) is 15.4. The highest BCUT2D eigenvalue weighted by Crippen LogP contribution is 2.26. The van der Waals surface area contributed by atoms with E-state index in [9.17, 15) is 14.9 Å². The molecule has 0 aliphatic rings. The van der Waals surface area contributed by atoms with E-state index in [1.165, 1.54) is 24.3 Å². The standard InChI is InChI=1S/C13H12N2O5S/c1-3-19-13(16)9-6-7-21-11(9)5-4-10-12(15(17)18)8(2)14-20-10/h4-7H,3H2,1-2H3/b5-4+. The summed E-state index contributed by atoms with van der Waals surface area (Å²) in [6, 6.07) is 1.64. The van der Waals surface area contributed by atoms with Gasteiger partial charge in [-0.2, -0.15) is 0 Å². The molecule has 0 aliphatic heterocycles. The van der Waals surface area contributed by atoms with E-state index in [4.69, 9.17) is 9.26 Å². The van der Waals surface area contributed by atoms with Gasteiger partial charge in [-0.25, -0.2) is 4.79 Å². The van der Waals surface area contributed by atoms with Crippen LogP contribution in [-0.4, -0.2) is 22.7 Å². The Morgan fingerprint density at radius 2 is 2.33 bits per heavy atom. The average molecular weight is 308 g/mol. The summed E-state index contributed by atoms with van der Waals surface area (Å²) in [5, 5.41) is 16.2. The molecule has 0 amide bonds. The van der Waals surface area contributed by atoms with E-state index in [-0.39, 0.29) is 23.7 Å². The maximum Gasteiger partial charge on any atom is 0.339 e. The molecule has 2 heterocycles. The Bertz CT molecular complexity index is 701. The molecule has 110 valence electrons. The van der Waals surface area contributed by atoms with Crippen LogP contribution in [0.25, 0.3) is 12.2 Å². The van der Waals surface area contributed by atoms with Gasteiger partial charge in [0.05, 0.1) is 17.1 Å². The summed E-state index contributed by atoms with van der Waals surface area (Å²) < 4.78 is 9.85. The lowest BCUT2D eigenvalue weighted by molar-refractivity contribution is -0.386. The Morgan fingerprint density at radius 1 is 1.57 bits per heavy atom. The number of carbonyl (C=O) groups excluding carboxylic acids is 1. The van der Waals surface area contributed by atoms with Crippen molar-refractivity contribution in [2.45, 2.75) is 13.8 Å². The van der Waals surface area contributed by atoms with Crippen molar-refractivity contribution < 1.29 is 19.0 Å². The first-order valence-electron chi connectivity index (χ1n) is 6.08. The van der Waals surface area contributed by atoms with Gasteiger partial charge < -0.3 is 9.26 Å². The lowest BCUT2D eigenvalue weighted by atomic mass is 10.2. The number of aromatic nitrogens is 1. The molecule has 0 atom stereocenters. The minimum absolute atomic E-state index is 0.0423. The molecule has 0 fully saturated rings. The van der Waals surface area contributed by atoms with Gasteiger partial charge in [0.2, 0.25) is 5.76 Å². The molecule has 0 saturated heterocycles. The number of carbonyl (C=O) groups is 1. The van der Waals surface area contributed by atoms with Gasteiger partial charge in [-0.3, -0.25) is 10.1 Å². The smallest absolute Gasteiger partial charge is 0.339 e. The van der Waals surface area contributed by atoms with Gasteiger partial charge in [0, 0.05) is 4.88 Å². The molecule has 7 nitrogen and oxygen atoms in total. The molecule has 2 aromatic heterocycles. The van der Waals surface area contributed by atoms with Crippen molar-refractivity contribution in [3.05, 3.63) is 43.5 Å². The predicted octanol–water partition coefficient (Wildman–Crippen LogP) is 3.30. The Kier molecular flexibility index (Phi) is 4.49. The van der Waals surface area contributed by atoms with Crippen LogP contribution in [0, 0.1) is 17.0 Å². The molecular weight excluding hydrogens is 296 g/mol. The third-order valence-corrected chi connectivity index (χ3v) is 3.50. The lowest BCUT2D eigenvalue weighted by Gasteiger charge is -1.99. The summed E-state index contributed by atoms with van der Waals surface area (Å²) >= 11 is 1.32. The van der Waals surface area contributed by atoms with E-state index in [1.807, 2.05) is 0 Å². The van der Waals surface area contributed by atoms with Gasteiger partial charge in [0.1, 0.15) is 0 Å². The Hall–Kier alpha value is -2.48. The SMILES string of the molecule is CCOC(=O)c1ccsc1/C=C/c1onc(C)c1[N+](=O)[O-]. The van der Waals surface area contributed by atoms with Crippen LogP contribution in [0.1, 0.15) is 33.6 Å². The van der Waals surface area contributed by atoms with Crippen molar-refractivity contribution in [3.8, 4) is 0 Å². The number of esters is 1. The van der Waals surface area contributed by atoms with E-state index < -0.39 is 10.9 Å². The highest BCUT2D eigenvalue weighted by atomic mass is 32.1. The Balaban J connectivity index is 2.29. The average Bonchev–Trinajstić information content (AvgIpc) is 3.02. The molecule has 0 aliphatic carbocycles. The Labute approximate surface area is 124 Å². The van der Waals surface area contributed by atoms with Crippen molar-refractivity contribution in [2.75, 3.05) is 6.61 Å². The van der Waals surface area contributed by atoms with E-state index in [2.05, 4.69) is 5.16 Å². The summed E-state index contributed by atoms with van der Waals surface area (Å²) in [5.74, 6) is -0.387. The molecule has 0 spiro atoms. The van der Waals surface area contributed by atoms with Crippen LogP contribution in [0.2, 0.25) is 0 Å². The number of rotatable bonds is 5. The van der Waals surface area contributed by atoms with E-state index in [0.717, 1.165) is 0 Å². The summed E-state index contributed by atoms with van der Waals surface area (Å²) in [6.07, 6.45) is 3.00. The summed E-state index contributed by atoms with van der Waals surface area (Å²) in [5.41, 5.74) is 0.439. The third kappa shape index (κ3) is 3.16. The molecule has 0 N–H and O–H groups in total. The lowest BCUT2D eigenvalue weighted by Crippen LogP contribution is -2.04. The number of hydrogen-bond donors (Lipinski definition) is 0. The normalized spacial score (nSPS) is 11.0. The Morgan fingerprint density at radius 3 is 3.00 bits per heavy atom. The van der Waals surface area contributed by atoms with E-state index in [1.54, 1.807) is 24.4 Å². The van der Waals surface area contributed by atoms with Crippen molar-refractivity contribution in [2.24, 2.45) is 0 Å². The number of thiophene rings is 1. The molecule has 0 bridgehead atoms. The second kappa shape index (κ2) is 6.31. The number of nitro groups is 1. The molecular formula is C13H12N2O5S. The summed E-state index contributed by atoms with van der Waals surface area (Å²) in [6.45, 7) is 3.50. The predicted molar refractivity (Wildman–Crippen MR) is 77.1 cm³/mol. The van der Waals surface area contributed by atoms with Crippen molar-refractivity contribution in [3.63, 3.8) is 0 Å². The molecule has 0 unspecified atom stereocenters. The highest BCUT2D eigenvalue weighted by molar-refractivity contribution is 7.11. The van der Waals surface area contributed by atoms with Crippen LogP contribution in [0.4, 0.5) is 5.69 Å². The quantitative estimate of drug-likeness (QED) is 0.477. The molecule has 2 rings (SSSR count). The topological polar surface area (TPSA) is 95.5 Å². The second-order valence-electron chi connectivity index (χ2n) is 3.99. The largest absolute Gasteiger partial charge is 0.462 e. The van der Waals surface area contributed by atoms with Crippen molar-refractivity contribution in [1.29, 1.82) is 0 Å². The molecule has 8 heteroatoms. The second-order valence-corrected chi connectivity index (χ2v) is 4.94. The minimum atomic E-state index is -0.549. The van der Waals surface area contributed by atoms with Gasteiger partial charge in [0.15, 0.2) is 5.69 Å². The monoisotopic (exact) mass is 308 g/mol. The molecule has 0 saturated carbocycles. The zero-order valence-corrected chi connectivity index (χ0v) is 12.2. The minimum Gasteiger partial charge on any atom is -0.462 e. The van der Waals surface area contributed by atoms with E-state index in [0.29, 0.717) is 10.4 Å². The van der Waals surface area contributed by atoms with Crippen LogP contribution in [0.5, 0.6) is 0 Å². The first-order valence-corrected chi connectivity index (χ1v) is 6.96. The van der Waals surface area contributed by atoms with E-state index >= 15 is 0 Å². The fraction of sp³-hybridized carbons (Fsp3) is 0.231. The van der Waals surface area contributed by atoms with Crippen LogP contribution in [0.3, 0.4) is 0 Å². The fourth-order valence-electron chi connectivity index (χ4n) is 1.69. The number of hydrogen-bond acceptors (Lipinski definition) is 7. The van der Waals surface area contributed by atoms with Crippen LogP contribution >= 0.6 is 11.3 Å². The number of aryl methyl sites for hydroxylation is 1. The first kappa shape index (κ1) is 14.9. The van der Waals surface area contributed by atoms with Crippen molar-refractivity contribution >= 4 is 35.1 Å². The number of nitrogens with zero attached hydrogens (tertiary/aromatic N) is 2. The van der Waals surface area contributed by atoms with Gasteiger partial charge >= 0.3 is 11.7 Å². The van der Waals surface area contributed by atoms with Crippen LogP contribution in [-0.2, 0) is 4.74 Å². The highest BCUT2D eigenvalue weighted by Gasteiger charge is 2.22. The molecule has 21 heavy (non-hydrogen) atoms. The summed E-state index contributed by atoms with van der Waals surface area (Å²) in [7, 11) is 0. The first-order chi connectivity index (χ1) is 10.0.